The van der Waals surface area contributed by atoms with Crippen LogP contribution in [0.15, 0.2) is 0 Å². The second kappa shape index (κ2) is 23.3. The standard InChI is InChI=1S/C4H9.C3H8N.Mg/c1-3-4-2;1-2-3-4;/h1,3-4H2,2H3;4H,2-3H2,1H3;/q2*-1;+2. The van der Waals surface area contributed by atoms with E-state index in [4.69, 9.17) is 5.73 Å². The fourth-order valence-corrected chi connectivity index (χ4v) is 0. The molecule has 0 saturated heterocycles. The van der Waals surface area contributed by atoms with Crippen LogP contribution in [-0.4, -0.2) is 29.6 Å². The van der Waals surface area contributed by atoms with Gasteiger partial charge in [-0.2, -0.15) is 13.0 Å². The molecule has 0 atom stereocenters. The van der Waals surface area contributed by atoms with Gasteiger partial charge < -0.3 is 12.7 Å². The number of unbranched alkanes of at least 4 members (excludes halogenated alkanes) is 1. The average molecular weight is 140 g/mol. The quantitative estimate of drug-likeness (QED) is 0.415. The summed E-state index contributed by atoms with van der Waals surface area (Å²) in [5.41, 5.74) is 6.45. The molecule has 0 fully saturated rings. The molecular weight excluding hydrogens is 122 g/mol. The van der Waals surface area contributed by atoms with E-state index in [1.807, 2.05) is 6.92 Å². The minimum Gasteiger partial charge on any atom is -0.677 e. The molecule has 0 radical (unpaired) electrons. The molecule has 0 heterocycles. The molecule has 1 nitrogen and oxygen atoms in total. The summed E-state index contributed by atoms with van der Waals surface area (Å²) >= 11 is 0. The maximum absolute atomic E-state index is 6.45. The van der Waals surface area contributed by atoms with Gasteiger partial charge in [-0.3, -0.25) is 0 Å². The van der Waals surface area contributed by atoms with Gasteiger partial charge in [0.2, 0.25) is 0 Å². The van der Waals surface area contributed by atoms with Crippen LogP contribution in [0.1, 0.15) is 33.1 Å². The Balaban J connectivity index is -0.0000000720. The SMILES string of the molecule is CCC[NH-].[CH2-]CCC.[Mg+2]. The number of hydrogen-bond donors (Lipinski definition) is 0. The van der Waals surface area contributed by atoms with Crippen LogP contribution in [-0.2, 0) is 0 Å². The van der Waals surface area contributed by atoms with Crippen molar-refractivity contribution >= 4 is 23.1 Å². The van der Waals surface area contributed by atoms with Gasteiger partial charge in [-0.15, -0.1) is 0 Å². The Morgan fingerprint density at radius 3 is 1.44 bits per heavy atom. The second-order valence-electron chi connectivity index (χ2n) is 1.60. The third-order valence-electron chi connectivity index (χ3n) is 0.604. The molecule has 0 spiro atoms. The van der Waals surface area contributed by atoms with Crippen LogP contribution in [0.3, 0.4) is 0 Å². The Labute approximate surface area is 75.5 Å². The molecule has 0 bridgehead atoms. The van der Waals surface area contributed by atoms with Gasteiger partial charge in [-0.05, 0) is 0 Å². The van der Waals surface area contributed by atoms with Gasteiger partial charge in [-0.1, -0.05) is 26.7 Å². The van der Waals surface area contributed by atoms with Crippen molar-refractivity contribution in [2.24, 2.45) is 0 Å². The van der Waals surface area contributed by atoms with Crippen molar-refractivity contribution in [1.29, 1.82) is 0 Å². The fraction of sp³-hybridized carbons (Fsp3) is 0.857. The average Bonchev–Trinajstić information content (AvgIpc) is 1.88. The van der Waals surface area contributed by atoms with E-state index in [0.29, 0.717) is 6.54 Å². The first-order chi connectivity index (χ1) is 3.83. The second-order valence-corrected chi connectivity index (χ2v) is 1.60. The zero-order valence-electron chi connectivity index (χ0n) is 6.74. The van der Waals surface area contributed by atoms with E-state index in [2.05, 4.69) is 13.8 Å². The molecule has 0 saturated carbocycles. The Bertz CT molecular complexity index is 16.9. The van der Waals surface area contributed by atoms with E-state index >= 15 is 0 Å². The minimum absolute atomic E-state index is 0. The van der Waals surface area contributed by atoms with E-state index in [-0.39, 0.29) is 23.1 Å². The monoisotopic (exact) mass is 139 g/mol. The number of hydrogen-bond acceptors (Lipinski definition) is 0. The van der Waals surface area contributed by atoms with E-state index in [1.165, 1.54) is 6.42 Å². The van der Waals surface area contributed by atoms with Gasteiger partial charge in [0.15, 0.2) is 0 Å². The molecule has 52 valence electrons. The third-order valence-corrected chi connectivity index (χ3v) is 0.604. The molecule has 0 amide bonds. The van der Waals surface area contributed by atoms with Crippen molar-refractivity contribution in [3.8, 4) is 0 Å². The van der Waals surface area contributed by atoms with Crippen LogP contribution in [0.4, 0.5) is 0 Å². The molecule has 0 rings (SSSR count). The van der Waals surface area contributed by atoms with Gasteiger partial charge in [-0.25, -0.2) is 0 Å². The zero-order valence-corrected chi connectivity index (χ0v) is 8.16. The molecule has 0 unspecified atom stereocenters. The van der Waals surface area contributed by atoms with E-state index in [0.717, 1.165) is 12.8 Å². The van der Waals surface area contributed by atoms with Crippen molar-refractivity contribution in [1.82, 2.24) is 0 Å². The van der Waals surface area contributed by atoms with Crippen LogP contribution in [0.25, 0.3) is 5.73 Å². The van der Waals surface area contributed by atoms with Crippen molar-refractivity contribution < 1.29 is 0 Å². The summed E-state index contributed by atoms with van der Waals surface area (Å²) in [6, 6.07) is 0. The summed E-state index contributed by atoms with van der Waals surface area (Å²) < 4.78 is 0. The summed E-state index contributed by atoms with van der Waals surface area (Å²) in [6.45, 7) is 8.28. The van der Waals surface area contributed by atoms with Gasteiger partial charge in [0, 0.05) is 0 Å². The van der Waals surface area contributed by atoms with Gasteiger partial charge in [0.05, 0.1) is 0 Å². The molecular formula is C7H17MgN. The fourth-order valence-electron chi connectivity index (χ4n) is 0. The molecule has 0 aliphatic heterocycles. The Morgan fingerprint density at radius 1 is 1.22 bits per heavy atom. The normalized spacial score (nSPS) is 6.67. The van der Waals surface area contributed by atoms with Crippen molar-refractivity contribution in [3.05, 3.63) is 12.7 Å². The third kappa shape index (κ3) is 53.1. The topological polar surface area (TPSA) is 23.8 Å². The molecule has 0 aliphatic rings. The molecule has 0 aromatic heterocycles. The minimum atomic E-state index is 0. The number of nitrogens with one attached hydrogen (secondary N) is 1. The predicted molar refractivity (Wildman–Crippen MR) is 45.5 cm³/mol. The smallest absolute Gasteiger partial charge is 0.677 e. The van der Waals surface area contributed by atoms with Crippen LogP contribution in [0.2, 0.25) is 0 Å². The van der Waals surface area contributed by atoms with Gasteiger partial charge >= 0.3 is 23.1 Å². The molecule has 0 aromatic rings. The van der Waals surface area contributed by atoms with Crippen LogP contribution in [0.5, 0.6) is 0 Å². The first-order valence-electron chi connectivity index (χ1n) is 3.27. The Hall–Kier alpha value is 0.726. The molecule has 9 heavy (non-hydrogen) atoms. The molecule has 1 N–H and O–H groups in total. The van der Waals surface area contributed by atoms with Crippen molar-refractivity contribution in [2.75, 3.05) is 6.54 Å². The Morgan fingerprint density at radius 2 is 1.44 bits per heavy atom. The Kier molecular flexibility index (Phi) is 42.4. The largest absolute Gasteiger partial charge is 2.00 e. The first kappa shape index (κ1) is 16.4. The van der Waals surface area contributed by atoms with E-state index in [1.54, 1.807) is 0 Å². The van der Waals surface area contributed by atoms with Crippen LogP contribution < -0.4 is 0 Å². The molecule has 0 aromatic carbocycles. The molecule has 0 aliphatic carbocycles. The van der Waals surface area contributed by atoms with Gasteiger partial charge in [0.1, 0.15) is 0 Å². The molecule has 2 heteroatoms. The summed E-state index contributed by atoms with van der Waals surface area (Å²) in [4.78, 5) is 0. The van der Waals surface area contributed by atoms with E-state index in [9.17, 15) is 0 Å². The zero-order chi connectivity index (χ0) is 6.83. The van der Waals surface area contributed by atoms with Gasteiger partial charge in [0.25, 0.3) is 0 Å². The summed E-state index contributed by atoms with van der Waals surface area (Å²) in [5.74, 6) is 0. The van der Waals surface area contributed by atoms with E-state index < -0.39 is 0 Å². The van der Waals surface area contributed by atoms with Crippen LogP contribution >= 0.6 is 0 Å². The summed E-state index contributed by atoms with van der Waals surface area (Å²) in [6.07, 6.45) is 3.26. The van der Waals surface area contributed by atoms with Crippen LogP contribution in [0, 0.1) is 6.92 Å². The summed E-state index contributed by atoms with van der Waals surface area (Å²) in [7, 11) is 0. The first-order valence-corrected chi connectivity index (χ1v) is 3.27. The van der Waals surface area contributed by atoms with Crippen molar-refractivity contribution in [3.63, 3.8) is 0 Å². The predicted octanol–water partition coefficient (Wildman–Crippen LogP) is 2.69. The maximum atomic E-state index is 6.45. The number of rotatable bonds is 2. The maximum Gasteiger partial charge on any atom is 2.00 e. The van der Waals surface area contributed by atoms with Crippen molar-refractivity contribution in [2.45, 2.75) is 33.1 Å². The summed E-state index contributed by atoms with van der Waals surface area (Å²) in [5, 5.41) is 0.